The Bertz CT molecular complexity index is 1160. The summed E-state index contributed by atoms with van der Waals surface area (Å²) in [6.07, 6.45) is 3.47. The molecule has 9 nitrogen and oxygen atoms in total. The first kappa shape index (κ1) is 23.8. The van der Waals surface area contributed by atoms with Gasteiger partial charge in [0.25, 0.3) is 5.69 Å². The van der Waals surface area contributed by atoms with E-state index in [1.807, 2.05) is 4.57 Å². The lowest BCUT2D eigenvalue weighted by Crippen LogP contribution is -2.33. The fourth-order valence-corrected chi connectivity index (χ4v) is 4.76. The predicted molar refractivity (Wildman–Crippen MR) is 128 cm³/mol. The Kier molecular flexibility index (Phi) is 7.53. The first-order valence-corrected chi connectivity index (χ1v) is 12.0. The highest BCUT2D eigenvalue weighted by Crippen LogP contribution is 2.30. The van der Waals surface area contributed by atoms with E-state index in [1.54, 1.807) is 24.3 Å². The van der Waals surface area contributed by atoms with E-state index in [0.717, 1.165) is 31.8 Å². The number of rotatable bonds is 8. The van der Waals surface area contributed by atoms with Gasteiger partial charge in [-0.05, 0) is 63.2 Å². The Morgan fingerprint density at radius 1 is 1.15 bits per heavy atom. The Morgan fingerprint density at radius 2 is 1.85 bits per heavy atom. The topological polar surface area (TPSA) is 106 Å². The molecule has 1 aliphatic rings. The number of hydrogen-bond acceptors (Lipinski definition) is 7. The lowest BCUT2D eigenvalue weighted by Gasteiger charge is -2.31. The third-order valence-electron chi connectivity index (χ3n) is 5.76. The molecule has 1 aliphatic heterocycles. The van der Waals surface area contributed by atoms with E-state index in [-0.39, 0.29) is 29.0 Å². The van der Waals surface area contributed by atoms with E-state index in [0.29, 0.717) is 10.8 Å². The molecule has 0 saturated carbocycles. The van der Waals surface area contributed by atoms with Crippen molar-refractivity contribution in [1.82, 2.24) is 19.7 Å². The third kappa shape index (κ3) is 5.42. The van der Waals surface area contributed by atoms with Gasteiger partial charge in [-0.2, -0.15) is 0 Å². The molecule has 178 valence electrons. The Balaban J connectivity index is 1.55. The molecule has 1 fully saturated rings. The maximum absolute atomic E-state index is 13.6. The van der Waals surface area contributed by atoms with Gasteiger partial charge < -0.3 is 5.32 Å². The SMILES string of the molecule is CC(c1nnc(SCC(=O)Nc2ccccc2[N+](=O)[O-])n1-c1ccc(F)cc1)N1CCCCC1. The highest BCUT2D eigenvalue weighted by atomic mass is 32.2. The van der Waals surface area contributed by atoms with Gasteiger partial charge in [0.15, 0.2) is 11.0 Å². The molecule has 0 aliphatic carbocycles. The summed E-state index contributed by atoms with van der Waals surface area (Å²) in [5, 5.41) is 23.0. The second-order valence-corrected chi connectivity index (χ2v) is 8.98. The minimum Gasteiger partial charge on any atom is -0.320 e. The van der Waals surface area contributed by atoms with Crippen LogP contribution in [0.2, 0.25) is 0 Å². The number of nitro groups is 1. The van der Waals surface area contributed by atoms with Gasteiger partial charge in [0.2, 0.25) is 5.91 Å². The van der Waals surface area contributed by atoms with Crippen molar-refractivity contribution in [2.45, 2.75) is 37.4 Å². The molecule has 1 unspecified atom stereocenters. The number of halogens is 1. The molecule has 1 saturated heterocycles. The van der Waals surface area contributed by atoms with Crippen molar-refractivity contribution in [3.8, 4) is 5.69 Å². The number of nitrogens with zero attached hydrogens (tertiary/aromatic N) is 5. The van der Waals surface area contributed by atoms with Crippen molar-refractivity contribution < 1.29 is 14.1 Å². The fourth-order valence-electron chi connectivity index (χ4n) is 4.00. The van der Waals surface area contributed by atoms with Crippen molar-refractivity contribution in [2.24, 2.45) is 0 Å². The minimum atomic E-state index is -0.540. The van der Waals surface area contributed by atoms with E-state index in [2.05, 4.69) is 27.3 Å². The number of carbonyl (C=O) groups excluding carboxylic acids is 1. The Labute approximate surface area is 200 Å². The van der Waals surface area contributed by atoms with Crippen molar-refractivity contribution in [1.29, 1.82) is 0 Å². The highest BCUT2D eigenvalue weighted by molar-refractivity contribution is 7.99. The Morgan fingerprint density at radius 3 is 2.56 bits per heavy atom. The van der Waals surface area contributed by atoms with E-state index in [9.17, 15) is 19.3 Å². The van der Waals surface area contributed by atoms with Crippen LogP contribution in [0.3, 0.4) is 0 Å². The van der Waals surface area contributed by atoms with E-state index in [1.165, 1.54) is 42.4 Å². The zero-order valence-corrected chi connectivity index (χ0v) is 19.5. The molecule has 2 aromatic carbocycles. The van der Waals surface area contributed by atoms with Crippen LogP contribution in [0.15, 0.2) is 53.7 Å². The lowest BCUT2D eigenvalue weighted by molar-refractivity contribution is -0.383. The maximum Gasteiger partial charge on any atom is 0.292 e. The predicted octanol–water partition coefficient (Wildman–Crippen LogP) is 4.59. The lowest BCUT2D eigenvalue weighted by atomic mass is 10.1. The molecule has 11 heteroatoms. The number of nitro benzene ring substituents is 1. The summed E-state index contributed by atoms with van der Waals surface area (Å²) in [7, 11) is 0. The van der Waals surface area contributed by atoms with Gasteiger partial charge >= 0.3 is 0 Å². The molecule has 0 spiro atoms. The number of aromatic nitrogens is 3. The van der Waals surface area contributed by atoms with E-state index in [4.69, 9.17) is 0 Å². The van der Waals surface area contributed by atoms with E-state index >= 15 is 0 Å². The molecule has 0 radical (unpaired) electrons. The molecule has 3 aromatic rings. The largest absolute Gasteiger partial charge is 0.320 e. The number of anilines is 1. The summed E-state index contributed by atoms with van der Waals surface area (Å²) in [6.45, 7) is 4.02. The molecule has 0 bridgehead atoms. The molecule has 1 N–H and O–H groups in total. The minimum absolute atomic E-state index is 0.00648. The van der Waals surface area contributed by atoms with Crippen LogP contribution in [-0.4, -0.2) is 49.3 Å². The van der Waals surface area contributed by atoms with Gasteiger partial charge in [-0.15, -0.1) is 10.2 Å². The van der Waals surface area contributed by atoms with Crippen molar-refractivity contribution in [2.75, 3.05) is 24.2 Å². The van der Waals surface area contributed by atoms with Gasteiger partial charge in [0.1, 0.15) is 11.5 Å². The summed E-state index contributed by atoms with van der Waals surface area (Å²) in [5.74, 6) is -0.0575. The number of thioether (sulfide) groups is 1. The van der Waals surface area contributed by atoms with Gasteiger partial charge in [0.05, 0.1) is 16.7 Å². The van der Waals surface area contributed by atoms with E-state index < -0.39 is 10.8 Å². The summed E-state index contributed by atoms with van der Waals surface area (Å²) in [6, 6.07) is 12.0. The van der Waals surface area contributed by atoms with Crippen LogP contribution >= 0.6 is 11.8 Å². The van der Waals surface area contributed by atoms with Crippen LogP contribution in [0.4, 0.5) is 15.8 Å². The molecule has 4 rings (SSSR count). The van der Waals surface area contributed by atoms with Gasteiger partial charge in [0, 0.05) is 11.8 Å². The zero-order valence-electron chi connectivity index (χ0n) is 18.7. The fraction of sp³-hybridized carbons (Fsp3) is 0.348. The number of benzene rings is 2. The average molecular weight is 485 g/mol. The standard InChI is InChI=1S/C23H25FN6O3S/c1-16(28-13-5-2-6-14-28)22-26-27-23(29(22)18-11-9-17(24)10-12-18)34-15-21(31)25-19-7-3-4-8-20(19)30(32)33/h3-4,7-12,16H,2,5-6,13-15H2,1H3,(H,25,31). The van der Waals surface area contributed by atoms with Crippen LogP contribution < -0.4 is 5.32 Å². The average Bonchev–Trinajstić information content (AvgIpc) is 3.27. The summed E-state index contributed by atoms with van der Waals surface area (Å²) in [5.41, 5.74) is 0.664. The van der Waals surface area contributed by atoms with Gasteiger partial charge in [-0.1, -0.05) is 30.3 Å². The first-order chi connectivity index (χ1) is 16.4. The van der Waals surface area contributed by atoms with Gasteiger partial charge in [-0.25, -0.2) is 4.39 Å². The van der Waals surface area contributed by atoms with Crippen molar-refractivity contribution in [3.63, 3.8) is 0 Å². The summed E-state index contributed by atoms with van der Waals surface area (Å²) < 4.78 is 15.4. The number of amides is 1. The van der Waals surface area contributed by atoms with Crippen LogP contribution in [0.1, 0.15) is 38.1 Å². The molecule has 1 amide bonds. The molecule has 2 heterocycles. The molecule has 1 atom stereocenters. The quantitative estimate of drug-likeness (QED) is 0.283. The highest BCUT2D eigenvalue weighted by Gasteiger charge is 2.26. The molecular formula is C23H25FN6O3S. The Hall–Kier alpha value is -3.31. The number of likely N-dealkylation sites (tertiary alicyclic amines) is 1. The second kappa shape index (κ2) is 10.7. The van der Waals surface area contributed by atoms with Crippen LogP contribution in [0.25, 0.3) is 5.69 Å². The second-order valence-electron chi connectivity index (χ2n) is 8.04. The summed E-state index contributed by atoms with van der Waals surface area (Å²) in [4.78, 5) is 25.6. The zero-order chi connectivity index (χ0) is 24.1. The first-order valence-electron chi connectivity index (χ1n) is 11.1. The van der Waals surface area contributed by atoms with Crippen molar-refractivity contribution >= 4 is 29.0 Å². The number of hydrogen-bond donors (Lipinski definition) is 1. The van der Waals surface area contributed by atoms with Gasteiger partial charge in [-0.3, -0.25) is 24.4 Å². The van der Waals surface area contributed by atoms with Crippen LogP contribution in [-0.2, 0) is 4.79 Å². The number of carbonyl (C=O) groups is 1. The smallest absolute Gasteiger partial charge is 0.292 e. The van der Waals surface area contributed by atoms with Crippen LogP contribution in [0, 0.1) is 15.9 Å². The normalized spacial score (nSPS) is 15.1. The molecule has 34 heavy (non-hydrogen) atoms. The van der Waals surface area contributed by atoms with Crippen molar-refractivity contribution in [3.05, 3.63) is 70.3 Å². The number of nitrogens with one attached hydrogen (secondary N) is 1. The van der Waals surface area contributed by atoms with Crippen LogP contribution in [0.5, 0.6) is 0 Å². The summed E-state index contributed by atoms with van der Waals surface area (Å²) >= 11 is 1.17. The third-order valence-corrected chi connectivity index (χ3v) is 6.69. The number of piperidine rings is 1. The molecular weight excluding hydrogens is 459 g/mol. The molecule has 1 aromatic heterocycles. The maximum atomic E-state index is 13.6. The monoisotopic (exact) mass is 484 g/mol. The number of para-hydroxylation sites is 2.